The van der Waals surface area contributed by atoms with Crippen molar-refractivity contribution in [3.63, 3.8) is 0 Å². The van der Waals surface area contributed by atoms with Gasteiger partial charge in [-0.3, -0.25) is 4.98 Å². The van der Waals surface area contributed by atoms with Gasteiger partial charge in [0.05, 0.1) is 18.3 Å². The molecule has 0 bridgehead atoms. The average molecular weight is 295 g/mol. The normalized spacial score (nSPS) is 12.5. The van der Waals surface area contributed by atoms with E-state index in [0.29, 0.717) is 16.3 Å². The third-order valence-electron chi connectivity index (χ3n) is 2.78. The van der Waals surface area contributed by atoms with Gasteiger partial charge < -0.3 is 10.5 Å². The fraction of sp³-hybridized carbons (Fsp3) is 0.267. The summed E-state index contributed by atoms with van der Waals surface area (Å²) >= 11 is 6.03. The van der Waals surface area contributed by atoms with Crippen LogP contribution in [0.5, 0.6) is 5.75 Å². The molecule has 1 atom stereocenters. The fourth-order valence-electron chi connectivity index (χ4n) is 1.92. The second-order valence-corrected chi connectivity index (χ2v) is 5.14. The molecule has 1 aromatic carbocycles. The van der Waals surface area contributed by atoms with Crippen LogP contribution in [0.4, 0.5) is 4.39 Å². The van der Waals surface area contributed by atoms with Crippen LogP contribution in [0.15, 0.2) is 36.7 Å². The Morgan fingerprint density at radius 1 is 1.30 bits per heavy atom. The zero-order chi connectivity index (χ0) is 14.7. The maximum atomic E-state index is 13.9. The van der Waals surface area contributed by atoms with Gasteiger partial charge in [0.15, 0.2) is 0 Å². The Bertz CT molecular complexity index is 584. The highest BCUT2D eigenvalue weighted by Crippen LogP contribution is 2.29. The maximum absolute atomic E-state index is 13.9. The molecular formula is C15H16ClFN2O. The molecule has 0 aliphatic heterocycles. The molecule has 2 N–H and O–H groups in total. The molecule has 3 nitrogen and oxygen atoms in total. The topological polar surface area (TPSA) is 48.1 Å². The van der Waals surface area contributed by atoms with E-state index in [1.165, 1.54) is 6.07 Å². The Kier molecular flexibility index (Phi) is 4.57. The number of nitrogens with zero attached hydrogens (tertiary/aromatic N) is 1. The number of hydrogen-bond acceptors (Lipinski definition) is 3. The standard InChI is InChI=1S/C15H16ClFN2O/c1-9(2)20-11-6-10(7-19-8-11)15(18)14-12(16)4-3-5-13(14)17/h3-9,15H,18H2,1-2H3. The lowest BCUT2D eigenvalue weighted by molar-refractivity contribution is 0.241. The van der Waals surface area contributed by atoms with Gasteiger partial charge in [-0.15, -0.1) is 0 Å². The van der Waals surface area contributed by atoms with E-state index in [-0.39, 0.29) is 11.7 Å². The zero-order valence-corrected chi connectivity index (χ0v) is 12.1. The maximum Gasteiger partial charge on any atom is 0.138 e. The molecule has 1 heterocycles. The van der Waals surface area contributed by atoms with Crippen molar-refractivity contribution >= 4 is 11.6 Å². The quantitative estimate of drug-likeness (QED) is 0.935. The van der Waals surface area contributed by atoms with E-state index in [2.05, 4.69) is 4.98 Å². The second kappa shape index (κ2) is 6.20. The van der Waals surface area contributed by atoms with E-state index in [1.54, 1.807) is 30.6 Å². The summed E-state index contributed by atoms with van der Waals surface area (Å²) in [6, 6.07) is 5.56. The first kappa shape index (κ1) is 14.8. The fourth-order valence-corrected chi connectivity index (χ4v) is 2.20. The summed E-state index contributed by atoms with van der Waals surface area (Å²) in [6.07, 6.45) is 3.21. The van der Waals surface area contributed by atoms with Gasteiger partial charge in [-0.25, -0.2) is 4.39 Å². The number of halogens is 2. The van der Waals surface area contributed by atoms with Crippen molar-refractivity contribution in [2.24, 2.45) is 5.73 Å². The highest BCUT2D eigenvalue weighted by molar-refractivity contribution is 6.31. The summed E-state index contributed by atoms with van der Waals surface area (Å²) in [5.41, 5.74) is 7.01. The number of rotatable bonds is 4. The number of benzene rings is 1. The number of pyridine rings is 1. The van der Waals surface area contributed by atoms with Gasteiger partial charge in [-0.05, 0) is 37.6 Å². The van der Waals surface area contributed by atoms with Crippen LogP contribution in [0.25, 0.3) is 0 Å². The van der Waals surface area contributed by atoms with Crippen molar-refractivity contribution in [3.05, 3.63) is 58.6 Å². The Morgan fingerprint density at radius 2 is 2.05 bits per heavy atom. The largest absolute Gasteiger partial charge is 0.489 e. The van der Waals surface area contributed by atoms with Crippen LogP contribution in [0.1, 0.15) is 31.0 Å². The van der Waals surface area contributed by atoms with Crippen LogP contribution < -0.4 is 10.5 Å². The minimum Gasteiger partial charge on any atom is -0.489 e. The smallest absolute Gasteiger partial charge is 0.138 e. The Morgan fingerprint density at radius 3 is 2.70 bits per heavy atom. The summed E-state index contributed by atoms with van der Waals surface area (Å²) in [6.45, 7) is 3.83. The minimum atomic E-state index is -0.688. The van der Waals surface area contributed by atoms with Gasteiger partial charge >= 0.3 is 0 Å². The van der Waals surface area contributed by atoms with Gasteiger partial charge in [0.1, 0.15) is 11.6 Å². The van der Waals surface area contributed by atoms with Crippen LogP contribution in [-0.4, -0.2) is 11.1 Å². The first-order chi connectivity index (χ1) is 9.49. The molecule has 0 fully saturated rings. The van der Waals surface area contributed by atoms with Gasteiger partial charge in [0, 0.05) is 16.8 Å². The predicted octanol–water partition coefficient (Wildman–Crippen LogP) is 3.71. The second-order valence-electron chi connectivity index (χ2n) is 4.73. The highest BCUT2D eigenvalue weighted by atomic mass is 35.5. The molecule has 0 saturated carbocycles. The molecule has 20 heavy (non-hydrogen) atoms. The summed E-state index contributed by atoms with van der Waals surface area (Å²) in [5.74, 6) is 0.167. The summed E-state index contributed by atoms with van der Waals surface area (Å²) in [5, 5.41) is 0.299. The number of ether oxygens (including phenoxy) is 1. The minimum absolute atomic E-state index is 0.0281. The number of aromatic nitrogens is 1. The molecule has 0 aliphatic carbocycles. The Balaban J connectivity index is 2.36. The van der Waals surface area contributed by atoms with Crippen molar-refractivity contribution in [1.82, 2.24) is 4.98 Å². The van der Waals surface area contributed by atoms with Crippen molar-refractivity contribution in [3.8, 4) is 5.75 Å². The Labute approximate surface area is 122 Å². The first-order valence-corrected chi connectivity index (χ1v) is 6.68. The predicted molar refractivity (Wildman–Crippen MR) is 77.4 cm³/mol. The van der Waals surface area contributed by atoms with Crippen molar-refractivity contribution in [2.45, 2.75) is 26.0 Å². The monoisotopic (exact) mass is 294 g/mol. The summed E-state index contributed by atoms with van der Waals surface area (Å²) in [7, 11) is 0. The van der Waals surface area contributed by atoms with Crippen LogP contribution in [-0.2, 0) is 0 Å². The lowest BCUT2D eigenvalue weighted by Gasteiger charge is -2.16. The van der Waals surface area contributed by atoms with E-state index >= 15 is 0 Å². The van der Waals surface area contributed by atoms with E-state index in [4.69, 9.17) is 22.1 Å². The molecule has 5 heteroatoms. The molecule has 106 valence electrons. The molecule has 0 amide bonds. The lowest BCUT2D eigenvalue weighted by atomic mass is 10.0. The third-order valence-corrected chi connectivity index (χ3v) is 3.11. The molecule has 0 spiro atoms. The first-order valence-electron chi connectivity index (χ1n) is 6.30. The SMILES string of the molecule is CC(C)Oc1cncc(C(N)c2c(F)cccc2Cl)c1. The Hall–Kier alpha value is -1.65. The van der Waals surface area contributed by atoms with Crippen LogP contribution in [0, 0.1) is 5.82 Å². The third kappa shape index (κ3) is 3.26. The summed E-state index contributed by atoms with van der Waals surface area (Å²) < 4.78 is 19.4. The average Bonchev–Trinajstić information content (AvgIpc) is 2.38. The highest BCUT2D eigenvalue weighted by Gasteiger charge is 2.18. The van der Waals surface area contributed by atoms with Gasteiger partial charge in [0.2, 0.25) is 0 Å². The van der Waals surface area contributed by atoms with Crippen LogP contribution in [0.2, 0.25) is 5.02 Å². The van der Waals surface area contributed by atoms with E-state index < -0.39 is 11.9 Å². The lowest BCUT2D eigenvalue weighted by Crippen LogP contribution is -2.15. The van der Waals surface area contributed by atoms with Gasteiger partial charge in [0.25, 0.3) is 0 Å². The molecule has 0 saturated heterocycles. The number of hydrogen-bond donors (Lipinski definition) is 1. The zero-order valence-electron chi connectivity index (χ0n) is 11.3. The van der Waals surface area contributed by atoms with E-state index in [9.17, 15) is 4.39 Å². The molecule has 1 aromatic heterocycles. The molecule has 2 aromatic rings. The molecule has 2 rings (SSSR count). The van der Waals surface area contributed by atoms with E-state index in [1.807, 2.05) is 13.8 Å². The van der Waals surface area contributed by atoms with Gasteiger partial charge in [-0.1, -0.05) is 17.7 Å². The van der Waals surface area contributed by atoms with Crippen LogP contribution >= 0.6 is 11.6 Å². The summed E-state index contributed by atoms with van der Waals surface area (Å²) in [4.78, 5) is 4.07. The van der Waals surface area contributed by atoms with Gasteiger partial charge in [-0.2, -0.15) is 0 Å². The molecular weight excluding hydrogens is 279 g/mol. The van der Waals surface area contributed by atoms with Crippen LogP contribution in [0.3, 0.4) is 0 Å². The number of nitrogens with two attached hydrogens (primary N) is 1. The van der Waals surface area contributed by atoms with Crippen molar-refractivity contribution < 1.29 is 9.13 Å². The van der Waals surface area contributed by atoms with Crippen molar-refractivity contribution in [2.75, 3.05) is 0 Å². The molecule has 0 aliphatic rings. The van der Waals surface area contributed by atoms with E-state index in [0.717, 1.165) is 0 Å². The van der Waals surface area contributed by atoms with Crippen molar-refractivity contribution in [1.29, 1.82) is 0 Å². The molecule has 0 radical (unpaired) electrons. The molecule has 1 unspecified atom stereocenters.